The Bertz CT molecular complexity index is 778. The third-order valence-corrected chi connectivity index (χ3v) is 3.68. The normalized spacial score (nSPS) is 10.6. The molecule has 0 radical (unpaired) electrons. The van der Waals surface area contributed by atoms with Crippen molar-refractivity contribution in [2.45, 2.75) is 38.3 Å². The first-order chi connectivity index (χ1) is 13.4. The van der Waals surface area contributed by atoms with Crippen LogP contribution in [0, 0.1) is 0 Å². The van der Waals surface area contributed by atoms with Crippen molar-refractivity contribution < 1.29 is 24.6 Å². The lowest BCUT2D eigenvalue weighted by molar-refractivity contribution is -0.139. The van der Waals surface area contributed by atoms with E-state index in [1.807, 2.05) is 18.2 Å². The number of nitrogens with one attached hydrogen (secondary N) is 2. The monoisotopic (exact) mass is 390 g/mol. The lowest BCUT2D eigenvalue weighted by Gasteiger charge is -2.14. The highest BCUT2D eigenvalue weighted by molar-refractivity contribution is 5.78. The van der Waals surface area contributed by atoms with Gasteiger partial charge < -0.3 is 20.8 Å². The lowest BCUT2D eigenvalue weighted by Crippen LogP contribution is -2.39. The van der Waals surface area contributed by atoms with Gasteiger partial charge in [-0.15, -0.1) is 5.10 Å². The Kier molecular flexibility index (Phi) is 7.88. The number of nitrogens with zero attached hydrogens (tertiary/aromatic N) is 4. The number of anilines is 1. The van der Waals surface area contributed by atoms with Gasteiger partial charge in [-0.1, -0.05) is 11.3 Å². The van der Waals surface area contributed by atoms with Gasteiger partial charge in [-0.3, -0.25) is 14.4 Å². The molecule has 2 aromatic rings. The first-order valence-electron chi connectivity index (χ1n) is 8.69. The Morgan fingerprint density at radius 1 is 1.14 bits per heavy atom. The summed E-state index contributed by atoms with van der Waals surface area (Å²) in [6.07, 6.45) is 3.84. The number of carbonyl (C=O) groups is 3. The molecule has 0 bridgehead atoms. The van der Waals surface area contributed by atoms with Gasteiger partial charge in [0.1, 0.15) is 12.4 Å². The van der Waals surface area contributed by atoms with E-state index in [4.69, 9.17) is 10.2 Å². The maximum atomic E-state index is 12.0. The van der Waals surface area contributed by atoms with Crippen molar-refractivity contribution in [2.75, 3.05) is 11.9 Å². The number of hydrogen-bond acceptors (Lipinski definition) is 7. The summed E-state index contributed by atoms with van der Waals surface area (Å²) in [4.78, 5) is 37.7. The molecule has 28 heavy (non-hydrogen) atoms. The number of amides is 1. The number of hydrogen-bond donors (Lipinski definition) is 4. The summed E-state index contributed by atoms with van der Waals surface area (Å²) in [5.74, 6) is -2.11. The fourth-order valence-corrected chi connectivity index (χ4v) is 2.50. The zero-order valence-corrected chi connectivity index (χ0v) is 15.1. The first kappa shape index (κ1) is 20.8. The van der Waals surface area contributed by atoms with Crippen LogP contribution in [-0.4, -0.2) is 60.6 Å². The number of carboxylic acid groups (broad SMARTS) is 2. The molecule has 2 rings (SSSR count). The highest BCUT2D eigenvalue weighted by Crippen LogP contribution is 2.03. The van der Waals surface area contributed by atoms with Gasteiger partial charge in [0.2, 0.25) is 5.91 Å². The van der Waals surface area contributed by atoms with Crippen molar-refractivity contribution in [3.05, 3.63) is 36.3 Å². The van der Waals surface area contributed by atoms with Gasteiger partial charge in [0.25, 0.3) is 0 Å². The second kappa shape index (κ2) is 10.6. The molecule has 2 heterocycles. The van der Waals surface area contributed by atoms with Gasteiger partial charge in [-0.2, -0.15) is 0 Å². The predicted octanol–water partition coefficient (Wildman–Crippen LogP) is 0.152. The van der Waals surface area contributed by atoms with E-state index in [0.29, 0.717) is 18.7 Å². The fourth-order valence-electron chi connectivity index (χ4n) is 2.50. The van der Waals surface area contributed by atoms with Gasteiger partial charge in [-0.25, -0.2) is 9.67 Å². The van der Waals surface area contributed by atoms with E-state index in [1.54, 1.807) is 12.4 Å². The predicted molar refractivity (Wildman–Crippen MR) is 97.5 cm³/mol. The van der Waals surface area contributed by atoms with Gasteiger partial charge in [0, 0.05) is 25.0 Å². The van der Waals surface area contributed by atoms with E-state index in [-0.39, 0.29) is 6.54 Å². The summed E-state index contributed by atoms with van der Waals surface area (Å²) < 4.78 is 1.33. The molecule has 0 saturated heterocycles. The molecule has 0 saturated carbocycles. The Balaban J connectivity index is 1.75. The molecule has 2 aromatic heterocycles. The fraction of sp³-hybridized carbons (Fsp3) is 0.412. The summed E-state index contributed by atoms with van der Waals surface area (Å²) in [6.45, 7) is 0.533. The Hall–Kier alpha value is -3.50. The van der Waals surface area contributed by atoms with Crippen molar-refractivity contribution >= 4 is 23.7 Å². The zero-order chi connectivity index (χ0) is 20.4. The van der Waals surface area contributed by atoms with Crippen LogP contribution in [0.3, 0.4) is 0 Å². The number of carbonyl (C=O) groups excluding carboxylic acids is 1. The van der Waals surface area contributed by atoms with E-state index in [9.17, 15) is 14.4 Å². The highest BCUT2D eigenvalue weighted by Gasteiger charge is 2.19. The van der Waals surface area contributed by atoms with Crippen molar-refractivity contribution in [1.29, 1.82) is 0 Å². The molecular weight excluding hydrogens is 368 g/mol. The van der Waals surface area contributed by atoms with Crippen molar-refractivity contribution in [2.24, 2.45) is 0 Å². The second-order valence-electron chi connectivity index (χ2n) is 6.11. The SMILES string of the molecule is O=C(O)CC(CC(=O)O)NC(=O)Cn1cc(CCCNc2ccccn2)nn1. The quantitative estimate of drug-likeness (QED) is 0.370. The Labute approximate surface area is 160 Å². The van der Waals surface area contributed by atoms with Crippen LogP contribution in [0.25, 0.3) is 0 Å². The van der Waals surface area contributed by atoms with E-state index in [0.717, 1.165) is 12.2 Å². The van der Waals surface area contributed by atoms with Crippen molar-refractivity contribution in [3.63, 3.8) is 0 Å². The minimum atomic E-state index is -1.19. The topological polar surface area (TPSA) is 159 Å². The molecule has 0 aromatic carbocycles. The summed E-state index contributed by atoms with van der Waals surface area (Å²) >= 11 is 0. The Morgan fingerprint density at radius 2 is 1.89 bits per heavy atom. The van der Waals surface area contributed by atoms with Crippen molar-refractivity contribution in [3.8, 4) is 0 Å². The maximum absolute atomic E-state index is 12.0. The van der Waals surface area contributed by atoms with Crippen LogP contribution in [-0.2, 0) is 27.3 Å². The molecule has 150 valence electrons. The standard InChI is InChI=1S/C17H22N6O5/c24-15(20-13(8-16(25)26)9-17(27)28)11-23-10-12(21-22-23)4-3-7-19-14-5-1-2-6-18-14/h1-2,5-6,10,13H,3-4,7-9,11H2,(H,18,19)(H,20,24)(H,25,26)(H,27,28). The molecule has 0 aliphatic rings. The number of aromatic nitrogens is 4. The van der Waals surface area contributed by atoms with E-state index >= 15 is 0 Å². The van der Waals surface area contributed by atoms with E-state index < -0.39 is 36.7 Å². The average Bonchev–Trinajstić information content (AvgIpc) is 3.05. The van der Waals surface area contributed by atoms with Crippen LogP contribution >= 0.6 is 0 Å². The van der Waals surface area contributed by atoms with E-state index in [2.05, 4.69) is 25.9 Å². The molecular formula is C17H22N6O5. The molecule has 0 unspecified atom stereocenters. The number of carboxylic acids is 2. The van der Waals surface area contributed by atoms with Gasteiger partial charge in [0.05, 0.1) is 18.5 Å². The number of rotatable bonds is 12. The van der Waals surface area contributed by atoms with Gasteiger partial charge >= 0.3 is 11.9 Å². The molecule has 11 nitrogen and oxygen atoms in total. The van der Waals surface area contributed by atoms with Crippen LogP contribution in [0.15, 0.2) is 30.6 Å². The van der Waals surface area contributed by atoms with Crippen LogP contribution in [0.4, 0.5) is 5.82 Å². The third kappa shape index (κ3) is 7.81. The molecule has 1 amide bonds. The number of aryl methyl sites for hydroxylation is 1. The smallest absolute Gasteiger partial charge is 0.305 e. The summed E-state index contributed by atoms with van der Waals surface area (Å²) in [5, 5.41) is 31.0. The third-order valence-electron chi connectivity index (χ3n) is 3.68. The minimum Gasteiger partial charge on any atom is -0.481 e. The highest BCUT2D eigenvalue weighted by atomic mass is 16.4. The minimum absolute atomic E-state index is 0.172. The number of pyridine rings is 1. The van der Waals surface area contributed by atoms with Crippen molar-refractivity contribution in [1.82, 2.24) is 25.3 Å². The molecule has 0 fully saturated rings. The zero-order valence-electron chi connectivity index (χ0n) is 15.1. The molecule has 0 atom stereocenters. The van der Waals surface area contributed by atoms with Crippen LogP contribution in [0.5, 0.6) is 0 Å². The molecule has 0 spiro atoms. The first-order valence-corrected chi connectivity index (χ1v) is 8.69. The average molecular weight is 390 g/mol. The Morgan fingerprint density at radius 3 is 2.54 bits per heavy atom. The molecule has 11 heteroatoms. The van der Waals surface area contributed by atoms with Crippen LogP contribution in [0.2, 0.25) is 0 Å². The maximum Gasteiger partial charge on any atom is 0.305 e. The molecule has 0 aliphatic heterocycles. The molecule has 4 N–H and O–H groups in total. The van der Waals surface area contributed by atoms with Crippen LogP contribution in [0.1, 0.15) is 25.0 Å². The largest absolute Gasteiger partial charge is 0.481 e. The molecule has 0 aliphatic carbocycles. The van der Waals surface area contributed by atoms with Gasteiger partial charge in [-0.05, 0) is 25.0 Å². The van der Waals surface area contributed by atoms with Crippen LogP contribution < -0.4 is 10.6 Å². The summed E-state index contributed by atoms with van der Waals surface area (Å²) in [5.41, 5.74) is 0.711. The van der Waals surface area contributed by atoms with E-state index in [1.165, 1.54) is 4.68 Å². The second-order valence-corrected chi connectivity index (χ2v) is 6.11. The number of aliphatic carboxylic acids is 2. The summed E-state index contributed by atoms with van der Waals surface area (Å²) in [7, 11) is 0. The summed E-state index contributed by atoms with van der Waals surface area (Å²) in [6, 6.07) is 4.62. The lowest BCUT2D eigenvalue weighted by atomic mass is 10.1. The van der Waals surface area contributed by atoms with Gasteiger partial charge in [0.15, 0.2) is 0 Å².